The highest BCUT2D eigenvalue weighted by atomic mass is 32.1. The fourth-order valence-corrected chi connectivity index (χ4v) is 4.04. The summed E-state index contributed by atoms with van der Waals surface area (Å²) in [6.07, 6.45) is 1.97. The Kier molecular flexibility index (Phi) is 6.19. The summed E-state index contributed by atoms with van der Waals surface area (Å²) in [7, 11) is 0. The molecule has 166 valence electrons. The van der Waals surface area contributed by atoms with Crippen molar-refractivity contribution in [2.45, 2.75) is 32.0 Å². The molecule has 3 heterocycles. The van der Waals surface area contributed by atoms with Gasteiger partial charge >= 0.3 is 6.18 Å². The highest BCUT2D eigenvalue weighted by Gasteiger charge is 2.32. The summed E-state index contributed by atoms with van der Waals surface area (Å²) in [5.41, 5.74) is 2.12. The highest BCUT2D eigenvalue weighted by molar-refractivity contribution is 7.15. The number of rotatable bonds is 7. The molecule has 0 saturated heterocycles. The van der Waals surface area contributed by atoms with Crippen molar-refractivity contribution in [3.8, 4) is 10.4 Å². The van der Waals surface area contributed by atoms with E-state index in [2.05, 4.69) is 30.2 Å². The summed E-state index contributed by atoms with van der Waals surface area (Å²) in [4.78, 5) is 19.6. The molecule has 1 aromatic carbocycles. The third-order valence-electron chi connectivity index (χ3n) is 4.60. The van der Waals surface area contributed by atoms with Crippen LogP contribution in [0, 0.1) is 6.92 Å². The van der Waals surface area contributed by atoms with Gasteiger partial charge in [0.15, 0.2) is 0 Å². The Labute approximate surface area is 185 Å². The van der Waals surface area contributed by atoms with Gasteiger partial charge in [0.25, 0.3) is 0 Å². The van der Waals surface area contributed by atoms with E-state index in [9.17, 15) is 18.3 Å². The molecule has 0 fully saturated rings. The maximum absolute atomic E-state index is 12.9. The Hall–Kier alpha value is -3.31. The third kappa shape index (κ3) is 5.29. The number of aliphatic hydroxyl groups excluding tert-OH is 1. The minimum atomic E-state index is -4.55. The second-order valence-electron chi connectivity index (χ2n) is 7.15. The zero-order valence-electron chi connectivity index (χ0n) is 16.9. The van der Waals surface area contributed by atoms with E-state index in [0.29, 0.717) is 23.5 Å². The summed E-state index contributed by atoms with van der Waals surface area (Å²) in [6, 6.07) is 6.33. The molecule has 0 bridgehead atoms. The molecule has 0 aliphatic carbocycles. The van der Waals surface area contributed by atoms with Crippen LogP contribution in [0.5, 0.6) is 0 Å². The lowest BCUT2D eigenvalue weighted by molar-refractivity contribution is -0.141. The number of H-pyrrole nitrogens is 1. The quantitative estimate of drug-likeness (QED) is 0.357. The Bertz CT molecular complexity index is 1190. The monoisotopic (exact) mass is 460 g/mol. The Morgan fingerprint density at radius 2 is 2.03 bits per heavy atom. The van der Waals surface area contributed by atoms with E-state index in [0.717, 1.165) is 34.0 Å². The molecule has 0 spiro atoms. The fraction of sp³-hybridized carbons (Fsp3) is 0.238. The number of nitrogens with one attached hydrogen (secondary N) is 2. The molecule has 7 nitrogen and oxygen atoms in total. The minimum Gasteiger partial charge on any atom is -0.386 e. The van der Waals surface area contributed by atoms with E-state index in [4.69, 9.17) is 0 Å². The summed E-state index contributed by atoms with van der Waals surface area (Å²) in [5.74, 6) is -0.143. The van der Waals surface area contributed by atoms with Gasteiger partial charge in [0, 0.05) is 24.3 Å². The van der Waals surface area contributed by atoms with Crippen molar-refractivity contribution in [1.29, 1.82) is 0 Å². The van der Waals surface area contributed by atoms with Crippen LogP contribution in [0.1, 0.15) is 34.5 Å². The van der Waals surface area contributed by atoms with Gasteiger partial charge in [-0.15, -0.1) is 11.3 Å². The van der Waals surface area contributed by atoms with Gasteiger partial charge in [-0.2, -0.15) is 13.2 Å². The number of benzene rings is 1. The van der Waals surface area contributed by atoms with Gasteiger partial charge in [-0.05, 0) is 49.1 Å². The van der Waals surface area contributed by atoms with Crippen molar-refractivity contribution in [1.82, 2.24) is 24.9 Å². The number of alkyl halides is 3. The highest BCUT2D eigenvalue weighted by Crippen LogP contribution is 2.33. The smallest absolute Gasteiger partial charge is 0.386 e. The van der Waals surface area contributed by atoms with E-state index in [-0.39, 0.29) is 5.95 Å². The topological polar surface area (TPSA) is 99.6 Å². The number of nitrogens with zero attached hydrogens (tertiary/aromatic N) is 4. The molecule has 32 heavy (non-hydrogen) atoms. The summed E-state index contributed by atoms with van der Waals surface area (Å²) in [6.45, 7) is 1.88. The lowest BCUT2D eigenvalue weighted by atomic mass is 10.1. The predicted molar refractivity (Wildman–Crippen MR) is 114 cm³/mol. The molecule has 0 aliphatic rings. The van der Waals surface area contributed by atoms with Crippen LogP contribution < -0.4 is 5.32 Å². The first kappa shape index (κ1) is 21.9. The summed E-state index contributed by atoms with van der Waals surface area (Å²) in [5, 5.41) is 13.9. The van der Waals surface area contributed by atoms with Gasteiger partial charge in [-0.1, -0.05) is 6.07 Å². The van der Waals surface area contributed by atoms with Crippen molar-refractivity contribution in [2.75, 3.05) is 5.32 Å². The number of hydrogen-bond donors (Lipinski definition) is 3. The number of thiazole rings is 1. The molecule has 3 N–H and O–H groups in total. The average molecular weight is 460 g/mol. The first-order chi connectivity index (χ1) is 15.3. The Morgan fingerprint density at radius 1 is 1.19 bits per heavy atom. The molecule has 0 radical (unpaired) electrons. The zero-order chi connectivity index (χ0) is 22.7. The predicted octanol–water partition coefficient (Wildman–Crippen LogP) is 5.06. The van der Waals surface area contributed by atoms with Gasteiger partial charge < -0.3 is 15.4 Å². The zero-order valence-corrected chi connectivity index (χ0v) is 17.7. The van der Waals surface area contributed by atoms with Crippen LogP contribution in [-0.2, 0) is 12.6 Å². The first-order valence-electron chi connectivity index (χ1n) is 9.69. The van der Waals surface area contributed by atoms with E-state index >= 15 is 0 Å². The lowest BCUT2D eigenvalue weighted by Crippen LogP contribution is -2.10. The number of halogens is 3. The standard InChI is InChI=1S/C21H19F3N6OS/c1-12-6-13(8-15(7-12)29-20-26-5-4-18(30-20)21(22,23)24)17-10-27-19(32-17)16(31)3-2-14-9-25-11-28-14/h4-11,16,31H,2-3H2,1H3,(H,25,28)(H,26,29,30). The van der Waals surface area contributed by atoms with Crippen molar-refractivity contribution in [3.05, 3.63) is 71.1 Å². The van der Waals surface area contributed by atoms with Crippen molar-refractivity contribution in [3.63, 3.8) is 0 Å². The summed E-state index contributed by atoms with van der Waals surface area (Å²) < 4.78 is 38.7. The molecule has 0 amide bonds. The maximum atomic E-state index is 12.9. The number of hydrogen-bond acceptors (Lipinski definition) is 7. The first-order valence-corrected chi connectivity index (χ1v) is 10.5. The number of anilines is 2. The SMILES string of the molecule is Cc1cc(Nc2nccc(C(F)(F)F)n2)cc(-c2cnc(C(O)CCc3c[nH]cn3)s2)c1. The molecular formula is C21H19F3N6OS. The lowest BCUT2D eigenvalue weighted by Gasteiger charge is -2.10. The van der Waals surface area contributed by atoms with Crippen molar-refractivity contribution >= 4 is 23.0 Å². The molecule has 0 aliphatic heterocycles. The third-order valence-corrected chi connectivity index (χ3v) is 5.75. The van der Waals surface area contributed by atoms with Crippen LogP contribution in [0.25, 0.3) is 10.4 Å². The molecule has 4 aromatic rings. The number of aromatic nitrogens is 5. The normalized spacial score (nSPS) is 12.7. The van der Waals surface area contributed by atoms with Crippen LogP contribution in [0.2, 0.25) is 0 Å². The van der Waals surface area contributed by atoms with Gasteiger partial charge in [-0.25, -0.2) is 19.9 Å². The number of aryl methyl sites for hydroxylation is 2. The Morgan fingerprint density at radius 3 is 2.78 bits per heavy atom. The van der Waals surface area contributed by atoms with Gasteiger partial charge in [-0.3, -0.25) is 0 Å². The molecule has 3 aromatic heterocycles. The summed E-state index contributed by atoms with van der Waals surface area (Å²) >= 11 is 1.36. The van der Waals surface area contributed by atoms with E-state index in [1.54, 1.807) is 30.9 Å². The molecule has 4 rings (SSSR count). The van der Waals surface area contributed by atoms with Crippen LogP contribution >= 0.6 is 11.3 Å². The van der Waals surface area contributed by atoms with Gasteiger partial charge in [0.2, 0.25) is 5.95 Å². The van der Waals surface area contributed by atoms with Crippen LogP contribution in [0.15, 0.2) is 49.2 Å². The van der Waals surface area contributed by atoms with E-state index < -0.39 is 18.0 Å². The van der Waals surface area contributed by atoms with Crippen LogP contribution in [0.4, 0.5) is 24.8 Å². The average Bonchev–Trinajstić information content (AvgIpc) is 3.43. The number of aliphatic hydroxyl groups is 1. The molecule has 1 atom stereocenters. The maximum Gasteiger partial charge on any atom is 0.433 e. The molecule has 1 unspecified atom stereocenters. The van der Waals surface area contributed by atoms with Crippen molar-refractivity contribution in [2.24, 2.45) is 0 Å². The number of aromatic amines is 1. The van der Waals surface area contributed by atoms with Crippen LogP contribution in [0.3, 0.4) is 0 Å². The minimum absolute atomic E-state index is 0.143. The molecule has 0 saturated carbocycles. The van der Waals surface area contributed by atoms with E-state index in [1.165, 1.54) is 11.3 Å². The fourth-order valence-electron chi connectivity index (χ4n) is 3.11. The van der Waals surface area contributed by atoms with Crippen molar-refractivity contribution < 1.29 is 18.3 Å². The second-order valence-corrected chi connectivity index (χ2v) is 8.22. The Balaban J connectivity index is 1.51. The van der Waals surface area contributed by atoms with Crippen LogP contribution in [-0.4, -0.2) is 30.0 Å². The van der Waals surface area contributed by atoms with Gasteiger partial charge in [0.1, 0.15) is 16.8 Å². The largest absolute Gasteiger partial charge is 0.433 e. The molecular weight excluding hydrogens is 441 g/mol. The molecule has 11 heteroatoms. The van der Waals surface area contributed by atoms with E-state index in [1.807, 2.05) is 13.0 Å². The number of imidazole rings is 1. The second kappa shape index (κ2) is 9.05. The van der Waals surface area contributed by atoms with Gasteiger partial charge in [0.05, 0.1) is 16.9 Å².